The number of hydrogen-bond donors (Lipinski definition) is 1. The van der Waals surface area contributed by atoms with Crippen LogP contribution in [-0.2, 0) is 6.54 Å². The number of nitrogens with one attached hydrogen (secondary N) is 1. The van der Waals surface area contributed by atoms with Gasteiger partial charge in [-0.25, -0.2) is 5.43 Å². The molecule has 0 unspecified atom stereocenters. The third-order valence-corrected chi connectivity index (χ3v) is 5.26. The van der Waals surface area contributed by atoms with Gasteiger partial charge in [-0.3, -0.25) is 9.69 Å². The maximum absolute atomic E-state index is 12.4. The highest BCUT2D eigenvalue weighted by Crippen LogP contribution is 2.23. The summed E-state index contributed by atoms with van der Waals surface area (Å²) >= 11 is 0. The lowest BCUT2D eigenvalue weighted by atomic mass is 10.0. The summed E-state index contributed by atoms with van der Waals surface area (Å²) in [5.74, 6) is 0.700. The average Bonchev–Trinajstić information content (AvgIpc) is 2.73. The van der Waals surface area contributed by atoms with Crippen molar-refractivity contribution < 1.29 is 9.53 Å². The minimum Gasteiger partial charge on any atom is -0.496 e. The van der Waals surface area contributed by atoms with Crippen LogP contribution in [0.3, 0.4) is 0 Å². The highest BCUT2D eigenvalue weighted by atomic mass is 16.5. The molecule has 1 amide bonds. The fourth-order valence-electron chi connectivity index (χ4n) is 3.57. The Hall–Kier alpha value is -2.66. The summed E-state index contributed by atoms with van der Waals surface area (Å²) in [5, 5.41) is 4.32. The summed E-state index contributed by atoms with van der Waals surface area (Å²) < 4.78 is 5.55. The molecule has 0 bridgehead atoms. The van der Waals surface area contributed by atoms with Crippen molar-refractivity contribution in [1.82, 2.24) is 10.3 Å². The third-order valence-electron chi connectivity index (χ3n) is 5.26. The van der Waals surface area contributed by atoms with Crippen molar-refractivity contribution in [3.8, 4) is 5.75 Å². The van der Waals surface area contributed by atoms with Crippen LogP contribution in [0.15, 0.2) is 47.6 Å². The fourth-order valence-corrected chi connectivity index (χ4v) is 3.57. The predicted molar refractivity (Wildman–Crippen MR) is 113 cm³/mol. The Morgan fingerprint density at radius 1 is 1.14 bits per heavy atom. The highest BCUT2D eigenvalue weighted by molar-refractivity contribution is 6.01. The van der Waals surface area contributed by atoms with Gasteiger partial charge in [0, 0.05) is 17.7 Å². The molecule has 2 aromatic rings. The normalized spacial score (nSPS) is 15.3. The zero-order valence-corrected chi connectivity index (χ0v) is 17.0. The van der Waals surface area contributed by atoms with E-state index >= 15 is 0 Å². The number of hydrazone groups is 1. The molecular formula is C23H29N3O2. The molecule has 28 heavy (non-hydrogen) atoms. The van der Waals surface area contributed by atoms with Crippen LogP contribution in [0.2, 0.25) is 0 Å². The molecule has 0 saturated carbocycles. The van der Waals surface area contributed by atoms with Crippen molar-refractivity contribution in [2.75, 3.05) is 20.2 Å². The Kier molecular flexibility index (Phi) is 6.82. The lowest BCUT2D eigenvalue weighted by Gasteiger charge is -2.27. The summed E-state index contributed by atoms with van der Waals surface area (Å²) in [6.45, 7) is 6.96. The van der Waals surface area contributed by atoms with Gasteiger partial charge in [0.25, 0.3) is 5.91 Å². The van der Waals surface area contributed by atoms with Crippen LogP contribution in [0.25, 0.3) is 0 Å². The largest absolute Gasteiger partial charge is 0.496 e. The van der Waals surface area contributed by atoms with Gasteiger partial charge in [-0.15, -0.1) is 0 Å². The van der Waals surface area contributed by atoms with Gasteiger partial charge in [0.1, 0.15) is 5.75 Å². The van der Waals surface area contributed by atoms with Crippen LogP contribution in [0.4, 0.5) is 0 Å². The number of methoxy groups -OCH3 is 1. The van der Waals surface area contributed by atoms with Gasteiger partial charge < -0.3 is 4.74 Å². The number of hydrogen-bond acceptors (Lipinski definition) is 4. The molecule has 148 valence electrons. The van der Waals surface area contributed by atoms with Crippen LogP contribution in [0, 0.1) is 6.92 Å². The van der Waals surface area contributed by atoms with E-state index in [1.807, 2.05) is 44.2 Å². The Bertz CT molecular complexity index is 855. The number of piperidine rings is 1. The molecule has 1 aliphatic heterocycles. The first-order valence-electron chi connectivity index (χ1n) is 9.88. The van der Waals surface area contributed by atoms with Crippen molar-refractivity contribution in [2.45, 2.75) is 39.7 Å². The van der Waals surface area contributed by atoms with Gasteiger partial charge in [-0.1, -0.05) is 24.6 Å². The monoisotopic (exact) mass is 379 g/mol. The Labute approximate surface area is 167 Å². The zero-order valence-electron chi connectivity index (χ0n) is 17.0. The number of benzene rings is 2. The molecule has 0 aromatic heterocycles. The minimum absolute atomic E-state index is 0.195. The number of likely N-dealkylation sites (tertiary alicyclic amines) is 1. The number of ether oxygens (including phenoxy) is 1. The van der Waals surface area contributed by atoms with Crippen molar-refractivity contribution in [2.24, 2.45) is 5.10 Å². The van der Waals surface area contributed by atoms with E-state index in [0.717, 1.165) is 47.8 Å². The maximum Gasteiger partial charge on any atom is 0.271 e. The molecule has 1 aliphatic rings. The van der Waals surface area contributed by atoms with E-state index in [9.17, 15) is 4.79 Å². The molecule has 5 heteroatoms. The quantitative estimate of drug-likeness (QED) is 0.606. The lowest BCUT2D eigenvalue weighted by Crippen LogP contribution is -2.29. The average molecular weight is 380 g/mol. The summed E-state index contributed by atoms with van der Waals surface area (Å²) in [4.78, 5) is 14.9. The number of nitrogens with zero attached hydrogens (tertiary/aromatic N) is 2. The van der Waals surface area contributed by atoms with Crippen LogP contribution in [0.5, 0.6) is 5.75 Å². The zero-order chi connectivity index (χ0) is 19.9. The number of carbonyl (C=O) groups is 1. The number of carbonyl (C=O) groups excluding carboxylic acids is 1. The summed E-state index contributed by atoms with van der Waals surface area (Å²) in [7, 11) is 1.71. The molecule has 3 rings (SSSR count). The second kappa shape index (κ2) is 9.51. The van der Waals surface area contributed by atoms with Gasteiger partial charge in [0.15, 0.2) is 0 Å². The minimum atomic E-state index is -0.195. The lowest BCUT2D eigenvalue weighted by molar-refractivity contribution is 0.0954. The number of aryl methyl sites for hydroxylation is 1. The highest BCUT2D eigenvalue weighted by Gasteiger charge is 2.14. The van der Waals surface area contributed by atoms with Gasteiger partial charge in [-0.2, -0.15) is 5.10 Å². The first-order chi connectivity index (χ1) is 13.6. The fraction of sp³-hybridized carbons (Fsp3) is 0.391. The maximum atomic E-state index is 12.4. The molecule has 0 radical (unpaired) electrons. The second-order valence-electron chi connectivity index (χ2n) is 7.32. The van der Waals surface area contributed by atoms with Crippen LogP contribution >= 0.6 is 0 Å². The molecule has 1 saturated heterocycles. The molecule has 2 aromatic carbocycles. The van der Waals surface area contributed by atoms with Crippen molar-refractivity contribution in [3.05, 3.63) is 64.7 Å². The first-order valence-corrected chi connectivity index (χ1v) is 9.88. The van der Waals surface area contributed by atoms with E-state index in [4.69, 9.17) is 4.74 Å². The van der Waals surface area contributed by atoms with Gasteiger partial charge >= 0.3 is 0 Å². The molecule has 1 fully saturated rings. The van der Waals surface area contributed by atoms with Crippen LogP contribution < -0.4 is 10.2 Å². The van der Waals surface area contributed by atoms with E-state index in [1.165, 1.54) is 19.3 Å². The van der Waals surface area contributed by atoms with Gasteiger partial charge in [-0.05, 0) is 75.2 Å². The van der Waals surface area contributed by atoms with Crippen molar-refractivity contribution in [3.63, 3.8) is 0 Å². The number of rotatable bonds is 6. The molecule has 5 nitrogen and oxygen atoms in total. The summed E-state index contributed by atoms with van der Waals surface area (Å²) in [6.07, 6.45) is 3.83. The summed E-state index contributed by atoms with van der Waals surface area (Å²) in [6, 6.07) is 13.6. The van der Waals surface area contributed by atoms with Gasteiger partial charge in [0.2, 0.25) is 0 Å². The first kappa shape index (κ1) is 20.1. The van der Waals surface area contributed by atoms with Crippen molar-refractivity contribution >= 4 is 11.6 Å². The van der Waals surface area contributed by atoms with E-state index < -0.39 is 0 Å². The molecule has 0 spiro atoms. The number of amides is 1. The second-order valence-corrected chi connectivity index (χ2v) is 7.32. The molecule has 0 aliphatic carbocycles. The molecule has 0 atom stereocenters. The van der Waals surface area contributed by atoms with E-state index in [0.29, 0.717) is 5.56 Å². The Morgan fingerprint density at radius 3 is 2.61 bits per heavy atom. The van der Waals surface area contributed by atoms with Gasteiger partial charge in [0.05, 0.1) is 12.8 Å². The smallest absolute Gasteiger partial charge is 0.271 e. The SMILES string of the molecule is COc1ccc(/C(C)=N\NC(=O)c2ccccc2C)cc1CN1CCCCC1. The Balaban J connectivity index is 1.74. The van der Waals surface area contributed by atoms with Crippen LogP contribution in [-0.4, -0.2) is 36.7 Å². The van der Waals surface area contributed by atoms with E-state index in [-0.39, 0.29) is 5.91 Å². The topological polar surface area (TPSA) is 53.9 Å². The molecule has 1 heterocycles. The predicted octanol–water partition coefficient (Wildman–Crippen LogP) is 4.14. The van der Waals surface area contributed by atoms with Crippen molar-refractivity contribution in [1.29, 1.82) is 0 Å². The molecule has 1 N–H and O–H groups in total. The standard InChI is InChI=1S/C23H29N3O2/c1-17-9-5-6-10-21(17)23(27)25-24-18(2)19-11-12-22(28-3)20(15-19)16-26-13-7-4-8-14-26/h5-6,9-12,15H,4,7-8,13-14,16H2,1-3H3,(H,25,27)/b24-18-. The Morgan fingerprint density at radius 2 is 1.89 bits per heavy atom. The van der Waals surface area contributed by atoms with Crippen LogP contribution in [0.1, 0.15) is 53.2 Å². The van der Waals surface area contributed by atoms with E-state index in [2.05, 4.69) is 21.5 Å². The third kappa shape index (κ3) is 4.98. The summed E-state index contributed by atoms with van der Waals surface area (Å²) in [5.41, 5.74) is 7.15. The molecular weight excluding hydrogens is 350 g/mol. The van der Waals surface area contributed by atoms with E-state index in [1.54, 1.807) is 13.2 Å².